The van der Waals surface area contributed by atoms with Crippen LogP contribution in [0.15, 0.2) is 38.4 Å². The first-order valence-electron chi connectivity index (χ1n) is 7.48. The van der Waals surface area contributed by atoms with E-state index in [2.05, 4.69) is 53.6 Å². The van der Waals surface area contributed by atoms with Crippen LogP contribution in [0.25, 0.3) is 15.8 Å². The van der Waals surface area contributed by atoms with Crippen LogP contribution in [0.1, 0.15) is 19.4 Å². The standard InChI is InChI=1S/C17H18N2S3/c1-10(2)16-15(19-6-5-18-17(19)22-16)13-8-11(20-3)9-14-12(13)4-7-21-14/h4,7-10H,5-6H2,1-3H3. The van der Waals surface area contributed by atoms with Crippen LogP contribution < -0.4 is 0 Å². The number of hydrogen-bond acceptors (Lipinski definition) is 5. The third kappa shape index (κ3) is 2.22. The summed E-state index contributed by atoms with van der Waals surface area (Å²) in [6.07, 6.45) is 2.16. The summed E-state index contributed by atoms with van der Waals surface area (Å²) in [5.74, 6) is 0.528. The Morgan fingerprint density at radius 3 is 2.95 bits per heavy atom. The van der Waals surface area contributed by atoms with Crippen molar-refractivity contribution in [1.82, 2.24) is 4.90 Å². The summed E-state index contributed by atoms with van der Waals surface area (Å²) in [7, 11) is 0. The highest BCUT2D eigenvalue weighted by molar-refractivity contribution is 8.17. The Morgan fingerprint density at radius 1 is 1.32 bits per heavy atom. The van der Waals surface area contributed by atoms with Gasteiger partial charge in [0, 0.05) is 32.0 Å². The molecule has 0 aliphatic carbocycles. The molecule has 0 fully saturated rings. The number of fused-ring (bicyclic) bond motifs is 2. The number of thiophene rings is 1. The quantitative estimate of drug-likeness (QED) is 0.695. The van der Waals surface area contributed by atoms with Gasteiger partial charge in [-0.15, -0.1) is 23.1 Å². The molecule has 0 N–H and O–H groups in total. The molecule has 3 heterocycles. The highest BCUT2D eigenvalue weighted by Gasteiger charge is 2.34. The van der Waals surface area contributed by atoms with Crippen LogP contribution >= 0.6 is 34.9 Å². The Balaban J connectivity index is 1.97. The first-order valence-corrected chi connectivity index (χ1v) is 10.4. The van der Waals surface area contributed by atoms with Crippen LogP contribution in [0.4, 0.5) is 0 Å². The Labute approximate surface area is 143 Å². The SMILES string of the molecule is CSc1cc(C2=C(C(C)C)SC3=NCCN32)c2ccsc2c1. The molecular weight excluding hydrogens is 328 g/mol. The van der Waals surface area contributed by atoms with Gasteiger partial charge in [0.25, 0.3) is 0 Å². The van der Waals surface area contributed by atoms with Crippen LogP contribution in [-0.4, -0.2) is 29.4 Å². The summed E-state index contributed by atoms with van der Waals surface area (Å²) in [5, 5.41) is 4.77. The van der Waals surface area contributed by atoms with Crippen LogP contribution in [-0.2, 0) is 0 Å². The van der Waals surface area contributed by atoms with Crippen molar-refractivity contribution in [3.8, 4) is 0 Å². The normalized spacial score (nSPS) is 17.8. The predicted octanol–water partition coefficient (Wildman–Crippen LogP) is 5.37. The Bertz CT molecular complexity index is 801. The van der Waals surface area contributed by atoms with Gasteiger partial charge in [0.1, 0.15) is 0 Å². The maximum Gasteiger partial charge on any atom is 0.168 e. The molecule has 22 heavy (non-hydrogen) atoms. The molecule has 0 saturated heterocycles. The summed E-state index contributed by atoms with van der Waals surface area (Å²) in [4.78, 5) is 9.91. The van der Waals surface area contributed by atoms with Crippen LogP contribution in [0, 0.1) is 5.92 Å². The molecule has 2 aliphatic rings. The van der Waals surface area contributed by atoms with E-state index in [4.69, 9.17) is 0 Å². The van der Waals surface area contributed by atoms with Crippen molar-refractivity contribution in [3.05, 3.63) is 34.0 Å². The van der Waals surface area contributed by atoms with E-state index >= 15 is 0 Å². The number of hydrogen-bond donors (Lipinski definition) is 0. The van der Waals surface area contributed by atoms with Gasteiger partial charge in [-0.1, -0.05) is 25.6 Å². The number of benzene rings is 1. The van der Waals surface area contributed by atoms with E-state index < -0.39 is 0 Å². The lowest BCUT2D eigenvalue weighted by molar-refractivity contribution is 0.641. The minimum Gasteiger partial charge on any atom is -0.318 e. The molecule has 0 radical (unpaired) electrons. The average molecular weight is 347 g/mol. The van der Waals surface area contributed by atoms with Crippen molar-refractivity contribution in [2.24, 2.45) is 10.9 Å². The lowest BCUT2D eigenvalue weighted by atomic mass is 10.0. The van der Waals surface area contributed by atoms with Gasteiger partial charge in [-0.2, -0.15) is 0 Å². The van der Waals surface area contributed by atoms with E-state index in [0.29, 0.717) is 5.92 Å². The molecule has 5 heteroatoms. The Morgan fingerprint density at radius 2 is 2.18 bits per heavy atom. The highest BCUT2D eigenvalue weighted by Crippen LogP contribution is 2.47. The van der Waals surface area contributed by atoms with E-state index in [1.165, 1.54) is 36.3 Å². The zero-order valence-corrected chi connectivity index (χ0v) is 15.4. The third-order valence-electron chi connectivity index (χ3n) is 4.07. The van der Waals surface area contributed by atoms with Crippen molar-refractivity contribution in [2.45, 2.75) is 18.7 Å². The average Bonchev–Trinajstić information content (AvgIpc) is 3.20. The van der Waals surface area contributed by atoms with Gasteiger partial charge >= 0.3 is 0 Å². The molecule has 2 aromatic rings. The van der Waals surface area contributed by atoms with Gasteiger partial charge in [0.05, 0.1) is 12.2 Å². The van der Waals surface area contributed by atoms with Crippen molar-refractivity contribution < 1.29 is 0 Å². The largest absolute Gasteiger partial charge is 0.318 e. The second-order valence-corrected chi connectivity index (χ2v) is 8.63. The summed E-state index contributed by atoms with van der Waals surface area (Å²) in [6.45, 7) is 6.51. The maximum absolute atomic E-state index is 4.68. The molecule has 0 bridgehead atoms. The van der Waals surface area contributed by atoms with Gasteiger partial charge in [-0.25, -0.2) is 0 Å². The fourth-order valence-corrected chi connectivity index (χ4v) is 5.63. The number of nitrogens with zero attached hydrogens (tertiary/aromatic N) is 2. The van der Waals surface area contributed by atoms with Gasteiger partial charge < -0.3 is 4.90 Å². The van der Waals surface area contributed by atoms with Crippen molar-refractivity contribution >= 4 is 55.8 Å². The first kappa shape index (κ1) is 14.7. The molecule has 0 saturated carbocycles. The van der Waals surface area contributed by atoms with E-state index in [0.717, 1.165) is 13.1 Å². The second-order valence-electron chi connectivity index (χ2n) is 5.79. The van der Waals surface area contributed by atoms with E-state index in [9.17, 15) is 0 Å². The molecule has 4 rings (SSSR count). The lowest BCUT2D eigenvalue weighted by Gasteiger charge is -2.20. The number of rotatable bonds is 3. The minimum absolute atomic E-state index is 0.528. The van der Waals surface area contributed by atoms with Gasteiger partial charge in [0.15, 0.2) is 5.17 Å². The number of amidine groups is 1. The van der Waals surface area contributed by atoms with Gasteiger partial charge in [-0.3, -0.25) is 4.99 Å². The molecule has 1 aromatic heterocycles. The van der Waals surface area contributed by atoms with Crippen LogP contribution in [0.2, 0.25) is 0 Å². The van der Waals surface area contributed by atoms with Crippen molar-refractivity contribution in [3.63, 3.8) is 0 Å². The lowest BCUT2D eigenvalue weighted by Crippen LogP contribution is -2.20. The Kier molecular flexibility index (Phi) is 3.75. The molecule has 2 nitrogen and oxygen atoms in total. The smallest absolute Gasteiger partial charge is 0.168 e. The monoisotopic (exact) mass is 346 g/mol. The van der Waals surface area contributed by atoms with E-state index in [1.807, 2.05) is 34.9 Å². The summed E-state index contributed by atoms with van der Waals surface area (Å²) in [6, 6.07) is 6.93. The molecule has 0 unspecified atom stereocenters. The van der Waals surface area contributed by atoms with Gasteiger partial charge in [0.2, 0.25) is 0 Å². The zero-order valence-electron chi connectivity index (χ0n) is 12.9. The fourth-order valence-electron chi connectivity index (χ4n) is 3.03. The molecular formula is C17H18N2S3. The second kappa shape index (κ2) is 5.62. The summed E-state index contributed by atoms with van der Waals surface area (Å²) < 4.78 is 1.38. The molecule has 114 valence electrons. The number of thioether (sulfide) groups is 2. The van der Waals surface area contributed by atoms with E-state index in [-0.39, 0.29) is 0 Å². The highest BCUT2D eigenvalue weighted by atomic mass is 32.2. The zero-order chi connectivity index (χ0) is 15.3. The Hall–Kier alpha value is -0.910. The minimum atomic E-state index is 0.528. The van der Waals surface area contributed by atoms with Crippen molar-refractivity contribution in [2.75, 3.05) is 19.3 Å². The summed E-state index contributed by atoms with van der Waals surface area (Å²) in [5.41, 5.74) is 2.78. The molecule has 0 atom stereocenters. The van der Waals surface area contributed by atoms with Crippen LogP contribution in [0.5, 0.6) is 0 Å². The molecule has 1 aromatic carbocycles. The molecule has 2 aliphatic heterocycles. The number of aliphatic imine (C=N–C) groups is 1. The first-order chi connectivity index (χ1) is 10.7. The summed E-state index contributed by atoms with van der Waals surface area (Å²) >= 11 is 5.53. The topological polar surface area (TPSA) is 15.6 Å². The fraction of sp³-hybridized carbons (Fsp3) is 0.353. The number of allylic oxidation sites excluding steroid dienone is 1. The van der Waals surface area contributed by atoms with Crippen LogP contribution in [0.3, 0.4) is 0 Å². The predicted molar refractivity (Wildman–Crippen MR) is 102 cm³/mol. The maximum atomic E-state index is 4.68. The van der Waals surface area contributed by atoms with E-state index in [1.54, 1.807) is 0 Å². The van der Waals surface area contributed by atoms with Crippen molar-refractivity contribution in [1.29, 1.82) is 0 Å². The third-order valence-corrected chi connectivity index (χ3v) is 7.05. The molecule has 0 amide bonds. The molecule has 0 spiro atoms. The van der Waals surface area contributed by atoms with Gasteiger partial charge in [-0.05, 0) is 35.8 Å².